The summed E-state index contributed by atoms with van der Waals surface area (Å²) in [6.45, 7) is 0. The van der Waals surface area contributed by atoms with Crippen LogP contribution in [0, 0.1) is 0 Å². The minimum atomic E-state index is -0.324. The van der Waals surface area contributed by atoms with E-state index in [2.05, 4.69) is 36.2 Å². The van der Waals surface area contributed by atoms with Crippen molar-refractivity contribution in [3.05, 3.63) is 46.0 Å². The lowest BCUT2D eigenvalue weighted by molar-refractivity contribution is 0.102. The highest BCUT2D eigenvalue weighted by Gasteiger charge is 2.08. The van der Waals surface area contributed by atoms with Crippen LogP contribution < -0.4 is 5.32 Å². The van der Waals surface area contributed by atoms with Crippen molar-refractivity contribution in [2.45, 2.75) is 0 Å². The normalized spacial score (nSPS) is 10.0. The molecule has 0 atom stereocenters. The molecule has 0 aromatic carbocycles. The van der Waals surface area contributed by atoms with E-state index in [4.69, 9.17) is 11.6 Å². The SMILES string of the molecule is O=C(Nc1cncc(Cl)n1)c1cncc(Br)c1. The molecule has 2 aromatic rings. The van der Waals surface area contributed by atoms with E-state index in [9.17, 15) is 4.79 Å². The van der Waals surface area contributed by atoms with Gasteiger partial charge in [0.05, 0.1) is 18.0 Å². The molecule has 0 radical (unpaired) electrons. The predicted molar refractivity (Wildman–Crippen MR) is 66.9 cm³/mol. The van der Waals surface area contributed by atoms with Crippen molar-refractivity contribution < 1.29 is 4.79 Å². The van der Waals surface area contributed by atoms with Crippen LogP contribution in [-0.2, 0) is 0 Å². The summed E-state index contributed by atoms with van der Waals surface area (Å²) in [6.07, 6.45) is 5.85. The zero-order chi connectivity index (χ0) is 12.3. The average Bonchev–Trinajstić information content (AvgIpc) is 2.29. The van der Waals surface area contributed by atoms with Gasteiger partial charge in [0.15, 0.2) is 5.82 Å². The number of nitrogens with zero attached hydrogens (tertiary/aromatic N) is 3. The number of rotatable bonds is 2. The van der Waals surface area contributed by atoms with Gasteiger partial charge in [-0.3, -0.25) is 14.8 Å². The minimum absolute atomic E-state index is 0.218. The summed E-state index contributed by atoms with van der Waals surface area (Å²) >= 11 is 8.89. The lowest BCUT2D eigenvalue weighted by Crippen LogP contribution is -2.13. The van der Waals surface area contributed by atoms with Gasteiger partial charge in [0, 0.05) is 16.9 Å². The fourth-order valence-corrected chi connectivity index (χ4v) is 1.64. The van der Waals surface area contributed by atoms with Crippen molar-refractivity contribution in [2.24, 2.45) is 0 Å². The van der Waals surface area contributed by atoms with Crippen molar-refractivity contribution in [2.75, 3.05) is 5.32 Å². The van der Waals surface area contributed by atoms with Gasteiger partial charge in [0.2, 0.25) is 0 Å². The van der Waals surface area contributed by atoms with Crippen LogP contribution in [0.4, 0.5) is 5.82 Å². The summed E-state index contributed by atoms with van der Waals surface area (Å²) in [5.74, 6) is -0.0298. The second-order valence-corrected chi connectivity index (χ2v) is 4.38. The highest BCUT2D eigenvalue weighted by Crippen LogP contribution is 2.12. The molecule has 0 aliphatic heterocycles. The first-order valence-corrected chi connectivity index (χ1v) is 5.72. The Labute approximate surface area is 110 Å². The van der Waals surface area contributed by atoms with Crippen molar-refractivity contribution in [3.63, 3.8) is 0 Å². The van der Waals surface area contributed by atoms with Gasteiger partial charge in [-0.1, -0.05) is 11.6 Å². The molecule has 0 fully saturated rings. The number of nitrogens with one attached hydrogen (secondary N) is 1. The van der Waals surface area contributed by atoms with Crippen LogP contribution in [-0.4, -0.2) is 20.9 Å². The maximum absolute atomic E-state index is 11.8. The fraction of sp³-hybridized carbons (Fsp3) is 0. The number of anilines is 1. The summed E-state index contributed by atoms with van der Waals surface area (Å²) in [5.41, 5.74) is 0.418. The zero-order valence-corrected chi connectivity index (χ0v) is 10.7. The summed E-state index contributed by atoms with van der Waals surface area (Å²) in [5, 5.41) is 2.79. The van der Waals surface area contributed by atoms with Crippen LogP contribution in [0.5, 0.6) is 0 Å². The van der Waals surface area contributed by atoms with Gasteiger partial charge in [0.25, 0.3) is 5.91 Å². The van der Waals surface area contributed by atoms with Crippen molar-refractivity contribution in [1.29, 1.82) is 0 Å². The third-order valence-corrected chi connectivity index (χ3v) is 2.43. The molecule has 2 heterocycles. The summed E-state index contributed by atoms with van der Waals surface area (Å²) in [7, 11) is 0. The molecule has 1 N–H and O–H groups in total. The molecule has 0 saturated carbocycles. The van der Waals surface area contributed by atoms with E-state index in [-0.39, 0.29) is 11.1 Å². The molecule has 0 spiro atoms. The average molecular weight is 314 g/mol. The van der Waals surface area contributed by atoms with Crippen LogP contribution in [0.25, 0.3) is 0 Å². The quantitative estimate of drug-likeness (QED) is 0.925. The van der Waals surface area contributed by atoms with Crippen LogP contribution in [0.3, 0.4) is 0 Å². The van der Waals surface area contributed by atoms with Crippen LogP contribution >= 0.6 is 27.5 Å². The van der Waals surface area contributed by atoms with Crippen molar-refractivity contribution in [1.82, 2.24) is 15.0 Å². The molecule has 17 heavy (non-hydrogen) atoms. The number of halogens is 2. The smallest absolute Gasteiger partial charge is 0.258 e. The Morgan fingerprint density at radius 1 is 1.24 bits per heavy atom. The van der Waals surface area contributed by atoms with Gasteiger partial charge in [0.1, 0.15) is 5.15 Å². The van der Waals surface area contributed by atoms with E-state index in [1.165, 1.54) is 18.6 Å². The predicted octanol–water partition coefficient (Wildman–Crippen LogP) is 2.54. The molecule has 7 heteroatoms. The number of amides is 1. The standard InChI is InChI=1S/C10H6BrClN4O/c11-7-1-6(2-13-3-7)10(17)16-9-5-14-4-8(12)15-9/h1-5H,(H,15,16,17). The molecule has 2 aromatic heterocycles. The minimum Gasteiger partial charge on any atom is -0.305 e. The number of carbonyl (C=O) groups excluding carboxylic acids is 1. The molecule has 2 rings (SSSR count). The van der Waals surface area contributed by atoms with E-state index in [1.807, 2.05) is 0 Å². The first kappa shape index (κ1) is 11.9. The van der Waals surface area contributed by atoms with Gasteiger partial charge in [-0.2, -0.15) is 0 Å². The Hall–Kier alpha value is -1.53. The summed E-state index contributed by atoms with van der Waals surface area (Å²) in [4.78, 5) is 23.4. The second-order valence-electron chi connectivity index (χ2n) is 3.07. The number of carbonyl (C=O) groups is 1. The molecule has 5 nitrogen and oxygen atoms in total. The maximum atomic E-state index is 11.8. The number of hydrogen-bond donors (Lipinski definition) is 1. The highest BCUT2D eigenvalue weighted by molar-refractivity contribution is 9.10. The van der Waals surface area contributed by atoms with Crippen LogP contribution in [0.1, 0.15) is 10.4 Å². The molecule has 0 unspecified atom stereocenters. The Morgan fingerprint density at radius 2 is 2.00 bits per heavy atom. The molecule has 1 amide bonds. The maximum Gasteiger partial charge on any atom is 0.258 e. The summed E-state index contributed by atoms with van der Waals surface area (Å²) in [6, 6.07) is 1.65. The largest absolute Gasteiger partial charge is 0.305 e. The van der Waals surface area contributed by atoms with E-state index >= 15 is 0 Å². The van der Waals surface area contributed by atoms with E-state index in [0.717, 1.165) is 4.47 Å². The van der Waals surface area contributed by atoms with E-state index in [1.54, 1.807) is 12.3 Å². The Bertz CT molecular complexity index is 564. The second kappa shape index (κ2) is 5.20. The Balaban J connectivity index is 2.17. The van der Waals surface area contributed by atoms with Gasteiger partial charge in [-0.25, -0.2) is 4.98 Å². The Morgan fingerprint density at radius 3 is 2.71 bits per heavy atom. The van der Waals surface area contributed by atoms with E-state index < -0.39 is 0 Å². The van der Waals surface area contributed by atoms with Gasteiger partial charge < -0.3 is 5.32 Å². The molecule has 0 saturated heterocycles. The van der Waals surface area contributed by atoms with Gasteiger partial charge >= 0.3 is 0 Å². The molecule has 0 aliphatic rings. The highest BCUT2D eigenvalue weighted by atomic mass is 79.9. The molecular weight excluding hydrogens is 307 g/mol. The first-order chi connectivity index (χ1) is 8.15. The van der Waals surface area contributed by atoms with Gasteiger partial charge in [-0.15, -0.1) is 0 Å². The molecule has 0 bridgehead atoms. The molecule has 0 aliphatic carbocycles. The molecule has 86 valence electrons. The van der Waals surface area contributed by atoms with Crippen LogP contribution in [0.15, 0.2) is 35.3 Å². The fourth-order valence-electron chi connectivity index (χ4n) is 1.13. The summed E-state index contributed by atoms with van der Waals surface area (Å²) < 4.78 is 0.724. The van der Waals surface area contributed by atoms with Crippen LogP contribution in [0.2, 0.25) is 5.15 Å². The lowest BCUT2D eigenvalue weighted by atomic mass is 10.3. The molecular formula is C10H6BrClN4O. The van der Waals surface area contributed by atoms with Gasteiger partial charge in [-0.05, 0) is 22.0 Å². The number of pyridine rings is 1. The third kappa shape index (κ3) is 3.21. The number of hydrogen-bond acceptors (Lipinski definition) is 4. The Kier molecular flexibility index (Phi) is 3.65. The van der Waals surface area contributed by atoms with Crippen molar-refractivity contribution in [3.8, 4) is 0 Å². The monoisotopic (exact) mass is 312 g/mol. The van der Waals surface area contributed by atoms with Crippen molar-refractivity contribution >= 4 is 39.3 Å². The lowest BCUT2D eigenvalue weighted by Gasteiger charge is -2.03. The number of aromatic nitrogens is 3. The first-order valence-electron chi connectivity index (χ1n) is 4.54. The van der Waals surface area contributed by atoms with E-state index in [0.29, 0.717) is 11.4 Å². The topological polar surface area (TPSA) is 67.8 Å². The zero-order valence-electron chi connectivity index (χ0n) is 8.39. The third-order valence-electron chi connectivity index (χ3n) is 1.81.